The average Bonchev–Trinajstić information content (AvgIpc) is 2.75. The van der Waals surface area contributed by atoms with Gasteiger partial charge in [-0.05, 0) is 49.2 Å². The molecular formula is C17H18Cl2F2N2. The molecule has 2 N–H and O–H groups in total. The number of nitrogens with one attached hydrogen (secondary N) is 2. The Kier molecular flexibility index (Phi) is 6.22. The summed E-state index contributed by atoms with van der Waals surface area (Å²) < 4.78 is 27.0. The molecule has 0 saturated carbocycles. The lowest BCUT2D eigenvalue weighted by Crippen LogP contribution is -2.16. The molecular weight excluding hydrogens is 341 g/mol. The maximum Gasteiger partial charge on any atom is 0.163 e. The summed E-state index contributed by atoms with van der Waals surface area (Å²) in [6, 6.07) is 8.09. The Morgan fingerprint density at radius 2 is 1.87 bits per heavy atom. The standard InChI is InChI=1S/C17H17ClF2N2.ClH/c18-14-5-4-11-6-8-21-9-7-13(11)17(14)22-10-12-2-1-3-15(19)16(12)20;/h1-5,21-22H,6-10H2;1H. The zero-order chi connectivity index (χ0) is 15.5. The van der Waals surface area contributed by atoms with E-state index < -0.39 is 11.6 Å². The highest BCUT2D eigenvalue weighted by molar-refractivity contribution is 6.33. The number of anilines is 1. The zero-order valence-corrected chi connectivity index (χ0v) is 14.0. The molecule has 6 heteroatoms. The fourth-order valence-electron chi connectivity index (χ4n) is 2.80. The number of hydrogen-bond acceptors (Lipinski definition) is 2. The van der Waals surface area contributed by atoms with Gasteiger partial charge in [0.15, 0.2) is 11.6 Å². The van der Waals surface area contributed by atoms with E-state index in [4.69, 9.17) is 11.6 Å². The summed E-state index contributed by atoms with van der Waals surface area (Å²) in [6.07, 6.45) is 1.80. The van der Waals surface area contributed by atoms with Gasteiger partial charge >= 0.3 is 0 Å². The number of halogens is 4. The molecule has 0 radical (unpaired) electrons. The van der Waals surface area contributed by atoms with Crippen molar-refractivity contribution in [2.45, 2.75) is 19.4 Å². The van der Waals surface area contributed by atoms with Crippen LogP contribution in [0.25, 0.3) is 0 Å². The molecule has 0 spiro atoms. The first kappa shape index (κ1) is 18.0. The summed E-state index contributed by atoms with van der Waals surface area (Å²) in [7, 11) is 0. The first-order valence-corrected chi connectivity index (χ1v) is 7.72. The highest BCUT2D eigenvalue weighted by Gasteiger charge is 2.15. The van der Waals surface area contributed by atoms with Crippen LogP contribution in [0.3, 0.4) is 0 Å². The van der Waals surface area contributed by atoms with E-state index in [1.165, 1.54) is 11.6 Å². The molecule has 0 saturated heterocycles. The fourth-order valence-corrected chi connectivity index (χ4v) is 3.05. The second kappa shape index (κ2) is 7.95. The van der Waals surface area contributed by atoms with Gasteiger partial charge in [0, 0.05) is 12.1 Å². The molecule has 0 bridgehead atoms. The lowest BCUT2D eigenvalue weighted by molar-refractivity contribution is 0.500. The Hall–Kier alpha value is -1.36. The van der Waals surface area contributed by atoms with Crippen molar-refractivity contribution in [1.82, 2.24) is 5.32 Å². The van der Waals surface area contributed by atoms with Gasteiger partial charge < -0.3 is 10.6 Å². The van der Waals surface area contributed by atoms with Crippen LogP contribution >= 0.6 is 24.0 Å². The molecule has 0 atom stereocenters. The molecule has 0 unspecified atom stereocenters. The van der Waals surface area contributed by atoms with Crippen molar-refractivity contribution >= 4 is 29.7 Å². The van der Waals surface area contributed by atoms with Gasteiger partial charge in [0.25, 0.3) is 0 Å². The maximum absolute atomic E-state index is 13.8. The molecule has 2 nitrogen and oxygen atoms in total. The Balaban J connectivity index is 0.00000192. The number of hydrogen-bond donors (Lipinski definition) is 2. The summed E-state index contributed by atoms with van der Waals surface area (Å²) in [5.41, 5.74) is 3.53. The molecule has 1 aliphatic rings. The van der Waals surface area contributed by atoms with Crippen LogP contribution < -0.4 is 10.6 Å². The van der Waals surface area contributed by atoms with E-state index in [1.54, 1.807) is 6.07 Å². The van der Waals surface area contributed by atoms with Crippen LogP contribution in [0.5, 0.6) is 0 Å². The predicted octanol–water partition coefficient (Wildman–Crippen LogP) is 4.34. The largest absolute Gasteiger partial charge is 0.379 e. The van der Waals surface area contributed by atoms with Crippen molar-refractivity contribution in [3.63, 3.8) is 0 Å². The molecule has 3 rings (SSSR count). The van der Waals surface area contributed by atoms with E-state index in [0.717, 1.165) is 43.2 Å². The fraction of sp³-hybridized carbons (Fsp3) is 0.294. The number of fused-ring (bicyclic) bond motifs is 1. The van der Waals surface area contributed by atoms with Crippen molar-refractivity contribution < 1.29 is 8.78 Å². The summed E-state index contributed by atoms with van der Waals surface area (Å²) in [5, 5.41) is 7.15. The summed E-state index contributed by atoms with van der Waals surface area (Å²) >= 11 is 6.30. The first-order chi connectivity index (χ1) is 10.7. The molecule has 0 aromatic heterocycles. The van der Waals surface area contributed by atoms with Crippen molar-refractivity contribution in [3.05, 3.63) is 63.7 Å². The van der Waals surface area contributed by atoms with Crippen molar-refractivity contribution in [2.24, 2.45) is 0 Å². The molecule has 124 valence electrons. The Labute approximate surface area is 145 Å². The van der Waals surface area contributed by atoms with Gasteiger partial charge in [-0.1, -0.05) is 29.8 Å². The second-order valence-corrected chi connectivity index (χ2v) is 5.78. The van der Waals surface area contributed by atoms with Gasteiger partial charge in [-0.25, -0.2) is 8.78 Å². The minimum atomic E-state index is -0.832. The number of benzene rings is 2. The van der Waals surface area contributed by atoms with Crippen molar-refractivity contribution in [2.75, 3.05) is 18.4 Å². The van der Waals surface area contributed by atoms with E-state index in [-0.39, 0.29) is 19.0 Å². The van der Waals surface area contributed by atoms with Crippen LogP contribution in [0.4, 0.5) is 14.5 Å². The van der Waals surface area contributed by atoms with E-state index in [0.29, 0.717) is 10.6 Å². The van der Waals surface area contributed by atoms with Crippen molar-refractivity contribution in [3.8, 4) is 0 Å². The normalized spacial score (nSPS) is 13.7. The monoisotopic (exact) mass is 358 g/mol. The van der Waals surface area contributed by atoms with Gasteiger partial charge in [0.1, 0.15) is 0 Å². The summed E-state index contributed by atoms with van der Waals surface area (Å²) in [6.45, 7) is 2.02. The van der Waals surface area contributed by atoms with Gasteiger partial charge in [-0.2, -0.15) is 0 Å². The average molecular weight is 359 g/mol. The first-order valence-electron chi connectivity index (χ1n) is 7.34. The summed E-state index contributed by atoms with van der Waals surface area (Å²) in [4.78, 5) is 0. The number of rotatable bonds is 3. The predicted molar refractivity (Wildman–Crippen MR) is 92.7 cm³/mol. The van der Waals surface area contributed by atoms with Crippen LogP contribution in [0.2, 0.25) is 5.02 Å². The minimum absolute atomic E-state index is 0. The van der Waals surface area contributed by atoms with Gasteiger partial charge in [0.2, 0.25) is 0 Å². The molecule has 2 aromatic carbocycles. The molecule has 2 aromatic rings. The smallest absolute Gasteiger partial charge is 0.163 e. The Bertz CT molecular complexity index is 693. The third kappa shape index (κ3) is 3.94. The van der Waals surface area contributed by atoms with E-state index in [1.807, 2.05) is 12.1 Å². The van der Waals surface area contributed by atoms with E-state index in [2.05, 4.69) is 10.6 Å². The van der Waals surface area contributed by atoms with Gasteiger partial charge in [0.05, 0.1) is 10.7 Å². The molecule has 1 heterocycles. The van der Waals surface area contributed by atoms with Gasteiger partial charge in [-0.3, -0.25) is 0 Å². The van der Waals surface area contributed by atoms with E-state index in [9.17, 15) is 8.78 Å². The zero-order valence-electron chi connectivity index (χ0n) is 12.5. The molecule has 0 fully saturated rings. The highest BCUT2D eigenvalue weighted by Crippen LogP contribution is 2.31. The topological polar surface area (TPSA) is 24.1 Å². The Morgan fingerprint density at radius 1 is 1.09 bits per heavy atom. The van der Waals surface area contributed by atoms with Crippen LogP contribution in [-0.2, 0) is 19.4 Å². The maximum atomic E-state index is 13.8. The molecule has 0 amide bonds. The van der Waals surface area contributed by atoms with Crippen LogP contribution in [-0.4, -0.2) is 13.1 Å². The van der Waals surface area contributed by atoms with Gasteiger partial charge in [-0.15, -0.1) is 12.4 Å². The lowest BCUT2D eigenvalue weighted by Gasteiger charge is -2.16. The highest BCUT2D eigenvalue weighted by atomic mass is 35.5. The third-order valence-corrected chi connectivity index (χ3v) is 4.28. The molecule has 0 aliphatic carbocycles. The summed E-state index contributed by atoms with van der Waals surface area (Å²) in [5.74, 6) is -1.64. The molecule has 23 heavy (non-hydrogen) atoms. The van der Waals surface area contributed by atoms with Crippen molar-refractivity contribution in [1.29, 1.82) is 0 Å². The Morgan fingerprint density at radius 3 is 2.70 bits per heavy atom. The minimum Gasteiger partial charge on any atom is -0.379 e. The third-order valence-electron chi connectivity index (χ3n) is 3.97. The van der Waals surface area contributed by atoms with Crippen LogP contribution in [0, 0.1) is 11.6 Å². The SMILES string of the molecule is Cl.Fc1cccc(CNc2c(Cl)ccc3c2CCNCC3)c1F. The lowest BCUT2D eigenvalue weighted by atomic mass is 10.0. The second-order valence-electron chi connectivity index (χ2n) is 5.38. The van der Waals surface area contributed by atoms with Crippen LogP contribution in [0.15, 0.2) is 30.3 Å². The van der Waals surface area contributed by atoms with E-state index >= 15 is 0 Å². The molecule has 1 aliphatic heterocycles. The quantitative estimate of drug-likeness (QED) is 0.852. The van der Waals surface area contributed by atoms with Crippen LogP contribution in [0.1, 0.15) is 16.7 Å².